The van der Waals surface area contributed by atoms with E-state index in [0.717, 1.165) is 22.3 Å². The fourth-order valence-electron chi connectivity index (χ4n) is 2.63. The Morgan fingerprint density at radius 3 is 2.77 bits per heavy atom. The Balaban J connectivity index is 2.20. The summed E-state index contributed by atoms with van der Waals surface area (Å²) in [6, 6.07) is 9.81. The van der Waals surface area contributed by atoms with Crippen LogP contribution >= 0.6 is 0 Å². The highest BCUT2D eigenvalue weighted by Crippen LogP contribution is 2.24. The van der Waals surface area contributed by atoms with Crippen LogP contribution in [0.1, 0.15) is 28.7 Å². The molecule has 0 atom stereocenters. The molecule has 0 aliphatic rings. The van der Waals surface area contributed by atoms with Crippen LogP contribution in [0.2, 0.25) is 0 Å². The van der Waals surface area contributed by atoms with Crippen molar-refractivity contribution in [3.8, 4) is 5.69 Å². The van der Waals surface area contributed by atoms with E-state index in [1.165, 1.54) is 0 Å². The van der Waals surface area contributed by atoms with Crippen LogP contribution in [-0.4, -0.2) is 27.3 Å². The zero-order valence-corrected chi connectivity index (χ0v) is 12.8. The lowest BCUT2D eigenvalue weighted by molar-refractivity contribution is 0.0524. The number of pyridine rings is 1. The van der Waals surface area contributed by atoms with E-state index in [2.05, 4.69) is 10.1 Å². The van der Waals surface area contributed by atoms with Gasteiger partial charge in [-0.25, -0.2) is 9.48 Å². The number of benzene rings is 1. The smallest absolute Gasteiger partial charge is 0.341 e. The molecule has 0 radical (unpaired) electrons. The first-order valence-corrected chi connectivity index (χ1v) is 7.21. The molecule has 0 unspecified atom stereocenters. The summed E-state index contributed by atoms with van der Waals surface area (Å²) < 4.78 is 6.88. The van der Waals surface area contributed by atoms with Gasteiger partial charge < -0.3 is 4.74 Å². The summed E-state index contributed by atoms with van der Waals surface area (Å²) in [6.07, 6.45) is 1.75. The lowest BCUT2D eigenvalue weighted by atomic mass is 10.1. The van der Waals surface area contributed by atoms with Crippen molar-refractivity contribution >= 4 is 16.9 Å². The van der Waals surface area contributed by atoms with E-state index in [4.69, 9.17) is 4.74 Å². The first-order valence-electron chi connectivity index (χ1n) is 7.21. The van der Waals surface area contributed by atoms with Gasteiger partial charge in [0.25, 0.3) is 0 Å². The van der Waals surface area contributed by atoms with Crippen LogP contribution in [-0.2, 0) is 4.74 Å². The fraction of sp³-hybridized carbons (Fsp3) is 0.235. The Bertz CT molecular complexity index is 847. The molecule has 5 heteroatoms. The summed E-state index contributed by atoms with van der Waals surface area (Å²) in [7, 11) is 0. The van der Waals surface area contributed by atoms with Gasteiger partial charge in [-0.2, -0.15) is 5.10 Å². The molecule has 0 bridgehead atoms. The predicted octanol–water partition coefficient (Wildman–Crippen LogP) is 3.21. The molecular formula is C17H17N3O2. The average Bonchev–Trinajstić information content (AvgIpc) is 2.81. The van der Waals surface area contributed by atoms with Crippen molar-refractivity contribution in [1.29, 1.82) is 0 Å². The van der Waals surface area contributed by atoms with Gasteiger partial charge in [0.05, 0.1) is 29.2 Å². The molecule has 22 heavy (non-hydrogen) atoms. The van der Waals surface area contributed by atoms with Crippen LogP contribution in [0.15, 0.2) is 36.5 Å². The Hall–Kier alpha value is -2.69. The van der Waals surface area contributed by atoms with Crippen molar-refractivity contribution in [3.05, 3.63) is 53.5 Å². The topological polar surface area (TPSA) is 57.0 Å². The van der Waals surface area contributed by atoms with E-state index < -0.39 is 0 Å². The highest BCUT2D eigenvalue weighted by Gasteiger charge is 2.21. The minimum atomic E-state index is -0.336. The van der Waals surface area contributed by atoms with E-state index in [0.29, 0.717) is 17.9 Å². The monoisotopic (exact) mass is 295 g/mol. The molecule has 2 heterocycles. The Morgan fingerprint density at radius 1 is 1.23 bits per heavy atom. The molecule has 1 aromatic carbocycles. The molecule has 0 saturated heterocycles. The van der Waals surface area contributed by atoms with Crippen LogP contribution in [0, 0.1) is 13.8 Å². The van der Waals surface area contributed by atoms with E-state index in [-0.39, 0.29) is 5.97 Å². The maximum Gasteiger partial charge on any atom is 0.341 e. The van der Waals surface area contributed by atoms with Gasteiger partial charge in [-0.05, 0) is 32.9 Å². The summed E-state index contributed by atoms with van der Waals surface area (Å²) in [4.78, 5) is 16.5. The van der Waals surface area contributed by atoms with Crippen molar-refractivity contribution in [2.45, 2.75) is 20.8 Å². The molecule has 5 nitrogen and oxygen atoms in total. The lowest BCUT2D eigenvalue weighted by Gasteiger charge is -2.08. The Labute approximate surface area is 128 Å². The maximum atomic E-state index is 12.1. The highest BCUT2D eigenvalue weighted by molar-refractivity contribution is 5.93. The van der Waals surface area contributed by atoms with Gasteiger partial charge in [-0.15, -0.1) is 0 Å². The summed E-state index contributed by atoms with van der Waals surface area (Å²) in [5.41, 5.74) is 3.65. The minimum Gasteiger partial charge on any atom is -0.462 e. The van der Waals surface area contributed by atoms with E-state index >= 15 is 0 Å². The SMILES string of the molecule is CCOC(=O)c1c(C)nn(-c2cccc3cccnc23)c1C. The number of carbonyl (C=O) groups excluding carboxylic acids is 1. The van der Waals surface area contributed by atoms with Gasteiger partial charge >= 0.3 is 5.97 Å². The van der Waals surface area contributed by atoms with Crippen LogP contribution in [0.5, 0.6) is 0 Å². The Morgan fingerprint density at radius 2 is 2.00 bits per heavy atom. The van der Waals surface area contributed by atoms with Gasteiger partial charge in [0.2, 0.25) is 0 Å². The van der Waals surface area contributed by atoms with Gasteiger partial charge in [-0.1, -0.05) is 18.2 Å². The molecule has 0 N–H and O–H groups in total. The van der Waals surface area contributed by atoms with Crippen molar-refractivity contribution in [3.63, 3.8) is 0 Å². The van der Waals surface area contributed by atoms with Crippen molar-refractivity contribution in [1.82, 2.24) is 14.8 Å². The number of aromatic nitrogens is 3. The number of esters is 1. The molecule has 2 aromatic heterocycles. The molecule has 0 fully saturated rings. The van der Waals surface area contributed by atoms with Crippen LogP contribution in [0.4, 0.5) is 0 Å². The van der Waals surface area contributed by atoms with E-state index in [1.54, 1.807) is 17.8 Å². The third-order valence-corrected chi connectivity index (χ3v) is 3.61. The van der Waals surface area contributed by atoms with Gasteiger partial charge in [0.15, 0.2) is 0 Å². The zero-order valence-electron chi connectivity index (χ0n) is 12.8. The van der Waals surface area contributed by atoms with E-state index in [1.807, 2.05) is 44.2 Å². The molecule has 0 aliphatic heterocycles. The molecular weight excluding hydrogens is 278 g/mol. The normalized spacial score (nSPS) is 10.9. The number of fused-ring (bicyclic) bond motifs is 1. The first kappa shape index (κ1) is 14.3. The van der Waals surface area contributed by atoms with Crippen molar-refractivity contribution in [2.24, 2.45) is 0 Å². The Kier molecular flexibility index (Phi) is 3.63. The van der Waals surface area contributed by atoms with Crippen LogP contribution in [0.25, 0.3) is 16.6 Å². The first-order chi connectivity index (χ1) is 10.6. The quantitative estimate of drug-likeness (QED) is 0.696. The number of hydrogen-bond acceptors (Lipinski definition) is 4. The number of hydrogen-bond donors (Lipinski definition) is 0. The molecule has 0 spiro atoms. The minimum absolute atomic E-state index is 0.336. The number of nitrogens with zero attached hydrogens (tertiary/aromatic N) is 3. The number of ether oxygens (including phenoxy) is 1. The summed E-state index contributed by atoms with van der Waals surface area (Å²) in [6.45, 7) is 5.82. The van der Waals surface area contributed by atoms with Crippen LogP contribution < -0.4 is 0 Å². The van der Waals surface area contributed by atoms with Gasteiger partial charge in [0, 0.05) is 11.6 Å². The molecule has 3 rings (SSSR count). The summed E-state index contributed by atoms with van der Waals surface area (Å²) in [5.74, 6) is -0.336. The van der Waals surface area contributed by atoms with Gasteiger partial charge in [0.1, 0.15) is 5.56 Å². The fourth-order valence-corrected chi connectivity index (χ4v) is 2.63. The number of aryl methyl sites for hydroxylation is 1. The second-order valence-electron chi connectivity index (χ2n) is 5.03. The standard InChI is InChI=1S/C17H17N3O2/c1-4-22-17(21)15-11(2)19-20(12(15)3)14-9-5-7-13-8-6-10-18-16(13)14/h5-10H,4H2,1-3H3. The number of rotatable bonds is 3. The lowest BCUT2D eigenvalue weighted by Crippen LogP contribution is -2.08. The zero-order chi connectivity index (χ0) is 15.7. The largest absolute Gasteiger partial charge is 0.462 e. The second-order valence-corrected chi connectivity index (χ2v) is 5.03. The maximum absolute atomic E-state index is 12.1. The molecule has 0 saturated carbocycles. The highest BCUT2D eigenvalue weighted by atomic mass is 16.5. The summed E-state index contributed by atoms with van der Waals surface area (Å²) >= 11 is 0. The molecule has 3 aromatic rings. The van der Waals surface area contributed by atoms with Crippen molar-refractivity contribution < 1.29 is 9.53 Å². The molecule has 112 valence electrons. The molecule has 0 aliphatic carbocycles. The average molecular weight is 295 g/mol. The molecule has 0 amide bonds. The number of para-hydroxylation sites is 1. The predicted molar refractivity (Wildman–Crippen MR) is 84.3 cm³/mol. The van der Waals surface area contributed by atoms with Crippen LogP contribution in [0.3, 0.4) is 0 Å². The van der Waals surface area contributed by atoms with Crippen molar-refractivity contribution in [2.75, 3.05) is 6.61 Å². The second kappa shape index (κ2) is 5.60. The van der Waals surface area contributed by atoms with Gasteiger partial charge in [-0.3, -0.25) is 4.98 Å². The summed E-state index contributed by atoms with van der Waals surface area (Å²) in [5, 5.41) is 5.54. The number of carbonyl (C=O) groups is 1. The third-order valence-electron chi connectivity index (χ3n) is 3.61. The van der Waals surface area contributed by atoms with E-state index in [9.17, 15) is 4.79 Å². The third kappa shape index (κ3) is 2.24.